The summed E-state index contributed by atoms with van der Waals surface area (Å²) in [7, 11) is 2.15. The highest BCUT2D eigenvalue weighted by molar-refractivity contribution is 5.92. The van der Waals surface area contributed by atoms with Gasteiger partial charge in [0.25, 0.3) is 0 Å². The number of aliphatic hydroxyl groups is 1. The molecular formula is C29H39NO3. The van der Waals surface area contributed by atoms with Crippen LogP contribution >= 0.6 is 0 Å². The Morgan fingerprint density at radius 1 is 1.09 bits per heavy atom. The van der Waals surface area contributed by atoms with E-state index in [-0.39, 0.29) is 22.4 Å². The van der Waals surface area contributed by atoms with Crippen molar-refractivity contribution in [3.8, 4) is 0 Å². The lowest BCUT2D eigenvalue weighted by Gasteiger charge is -2.60. The maximum atomic E-state index is 12.6. The Balaban J connectivity index is 1.51. The van der Waals surface area contributed by atoms with Crippen LogP contribution in [0.1, 0.15) is 65.7 Å². The third-order valence-corrected chi connectivity index (χ3v) is 10.5. The molecule has 3 saturated carbocycles. The second kappa shape index (κ2) is 7.80. The van der Waals surface area contributed by atoms with Crippen molar-refractivity contribution in [1.29, 1.82) is 0 Å². The van der Waals surface area contributed by atoms with Crippen LogP contribution in [0.4, 0.5) is 5.69 Å². The number of carbonyl (C=O) groups excluding carboxylic acids is 2. The van der Waals surface area contributed by atoms with Crippen molar-refractivity contribution >= 4 is 17.3 Å². The molecule has 3 fully saturated rings. The molecule has 0 aliphatic heterocycles. The molecule has 33 heavy (non-hydrogen) atoms. The van der Waals surface area contributed by atoms with Crippen molar-refractivity contribution < 1.29 is 14.7 Å². The van der Waals surface area contributed by atoms with E-state index in [0.717, 1.165) is 38.6 Å². The number of Topliss-reactive ketones (excluding diaryl/α,β-unsaturated/α-hetero) is 1. The quantitative estimate of drug-likeness (QED) is 0.686. The molecule has 7 atom stereocenters. The minimum Gasteiger partial charge on any atom is -0.382 e. The van der Waals surface area contributed by atoms with Gasteiger partial charge in [-0.25, -0.2) is 0 Å². The smallest absolute Gasteiger partial charge is 0.161 e. The monoisotopic (exact) mass is 449 g/mol. The van der Waals surface area contributed by atoms with Crippen LogP contribution in [0.3, 0.4) is 0 Å². The van der Waals surface area contributed by atoms with Crippen molar-refractivity contribution in [2.75, 3.05) is 18.5 Å². The second-order valence-corrected chi connectivity index (χ2v) is 11.9. The third-order valence-electron chi connectivity index (χ3n) is 10.5. The minimum atomic E-state index is -1.18. The van der Waals surface area contributed by atoms with E-state index in [1.54, 1.807) is 6.92 Å². The molecule has 0 radical (unpaired) electrons. The summed E-state index contributed by atoms with van der Waals surface area (Å²) in [6, 6.07) is 10.5. The predicted octanol–water partition coefficient (Wildman–Crippen LogP) is 5.20. The molecule has 0 aromatic heterocycles. The van der Waals surface area contributed by atoms with Gasteiger partial charge in [-0.1, -0.05) is 37.6 Å². The summed E-state index contributed by atoms with van der Waals surface area (Å²) in [5.41, 5.74) is 1.09. The van der Waals surface area contributed by atoms with E-state index in [1.165, 1.54) is 11.3 Å². The van der Waals surface area contributed by atoms with Gasteiger partial charge in [0, 0.05) is 31.1 Å². The molecule has 4 aliphatic rings. The van der Waals surface area contributed by atoms with E-state index < -0.39 is 5.60 Å². The first-order valence-corrected chi connectivity index (χ1v) is 12.8. The number of hydrogen-bond donors (Lipinski definition) is 1. The molecule has 1 aromatic rings. The average molecular weight is 450 g/mol. The molecule has 1 aromatic carbocycles. The zero-order valence-electron chi connectivity index (χ0n) is 20.6. The summed E-state index contributed by atoms with van der Waals surface area (Å²) < 4.78 is 0. The highest BCUT2D eigenvalue weighted by Crippen LogP contribution is 2.68. The number of carbonyl (C=O) groups is 2. The van der Waals surface area contributed by atoms with Gasteiger partial charge in [-0.15, -0.1) is 0 Å². The van der Waals surface area contributed by atoms with Gasteiger partial charge in [0.05, 0.1) is 0 Å². The fraction of sp³-hybridized carbons (Fsp3) is 0.655. The minimum absolute atomic E-state index is 0.0390. The fourth-order valence-corrected chi connectivity index (χ4v) is 8.67. The van der Waals surface area contributed by atoms with E-state index in [0.29, 0.717) is 36.5 Å². The zero-order valence-corrected chi connectivity index (χ0v) is 20.6. The van der Waals surface area contributed by atoms with E-state index in [4.69, 9.17) is 0 Å². The van der Waals surface area contributed by atoms with Crippen LogP contribution in [-0.2, 0) is 9.59 Å². The topological polar surface area (TPSA) is 57.6 Å². The average Bonchev–Trinajstić information content (AvgIpc) is 3.07. The first-order chi connectivity index (χ1) is 15.6. The number of para-hydroxylation sites is 1. The molecule has 4 heteroatoms. The molecule has 1 N–H and O–H groups in total. The summed E-state index contributed by atoms with van der Waals surface area (Å²) >= 11 is 0. The van der Waals surface area contributed by atoms with Gasteiger partial charge in [-0.3, -0.25) is 9.59 Å². The Morgan fingerprint density at radius 3 is 2.48 bits per heavy atom. The normalized spacial score (nSPS) is 42.1. The number of ketones is 2. The van der Waals surface area contributed by atoms with E-state index >= 15 is 0 Å². The summed E-state index contributed by atoms with van der Waals surface area (Å²) in [4.78, 5) is 27.5. The van der Waals surface area contributed by atoms with Gasteiger partial charge in [-0.2, -0.15) is 0 Å². The fourth-order valence-electron chi connectivity index (χ4n) is 8.67. The molecule has 5 rings (SSSR count). The maximum Gasteiger partial charge on any atom is 0.161 e. The van der Waals surface area contributed by atoms with Crippen LogP contribution in [-0.4, -0.2) is 35.9 Å². The number of benzene rings is 1. The van der Waals surface area contributed by atoms with Crippen molar-refractivity contribution in [1.82, 2.24) is 0 Å². The lowest BCUT2D eigenvalue weighted by molar-refractivity contribution is -0.161. The largest absolute Gasteiger partial charge is 0.382 e. The predicted molar refractivity (Wildman–Crippen MR) is 131 cm³/mol. The van der Waals surface area contributed by atoms with Gasteiger partial charge in [0.15, 0.2) is 11.6 Å². The van der Waals surface area contributed by atoms with Gasteiger partial charge in [0.2, 0.25) is 0 Å². The van der Waals surface area contributed by atoms with Gasteiger partial charge in [-0.05, 0) is 92.7 Å². The maximum absolute atomic E-state index is 12.6. The van der Waals surface area contributed by atoms with Crippen LogP contribution in [0.25, 0.3) is 0 Å². The first kappa shape index (κ1) is 22.8. The van der Waals surface area contributed by atoms with Crippen molar-refractivity contribution in [3.63, 3.8) is 0 Å². The molecule has 178 valence electrons. The molecule has 0 heterocycles. The van der Waals surface area contributed by atoms with Gasteiger partial charge >= 0.3 is 0 Å². The van der Waals surface area contributed by atoms with Crippen LogP contribution in [0.2, 0.25) is 0 Å². The van der Waals surface area contributed by atoms with E-state index in [1.807, 2.05) is 12.1 Å². The van der Waals surface area contributed by atoms with Crippen molar-refractivity contribution in [3.05, 3.63) is 42.0 Å². The lowest BCUT2D eigenvalue weighted by Crippen LogP contribution is -2.58. The van der Waals surface area contributed by atoms with Crippen LogP contribution in [0, 0.1) is 34.5 Å². The number of hydrogen-bond acceptors (Lipinski definition) is 4. The SMILES string of the molecule is CC(=O)[C@]1(O)CC[C@@H]2[C@H]3C[C@H](CN(C)c4ccccc4)C4=CC(=O)CC[C@]4(C)[C@@H]3CC[C@@]21C. The van der Waals surface area contributed by atoms with Gasteiger partial charge in [0.1, 0.15) is 5.60 Å². The first-order valence-electron chi connectivity index (χ1n) is 12.8. The molecule has 0 spiro atoms. The molecule has 0 saturated heterocycles. The zero-order chi connectivity index (χ0) is 23.6. The summed E-state index contributed by atoms with van der Waals surface area (Å²) in [5, 5.41) is 11.5. The summed E-state index contributed by atoms with van der Waals surface area (Å²) in [5.74, 6) is 1.92. The Hall–Kier alpha value is -1.94. The van der Waals surface area contributed by atoms with Gasteiger partial charge < -0.3 is 10.0 Å². The van der Waals surface area contributed by atoms with Crippen molar-refractivity contribution in [2.24, 2.45) is 34.5 Å². The molecule has 0 unspecified atom stereocenters. The van der Waals surface area contributed by atoms with Crippen LogP contribution in [0.5, 0.6) is 0 Å². The summed E-state index contributed by atoms with van der Waals surface area (Å²) in [6.07, 6.45) is 8.09. The molecule has 4 aliphatic carbocycles. The third kappa shape index (κ3) is 3.27. The van der Waals surface area contributed by atoms with E-state index in [9.17, 15) is 14.7 Å². The van der Waals surface area contributed by atoms with Crippen LogP contribution < -0.4 is 4.90 Å². The Kier molecular flexibility index (Phi) is 5.39. The Bertz CT molecular complexity index is 986. The van der Waals surface area contributed by atoms with Crippen LogP contribution in [0.15, 0.2) is 42.0 Å². The Labute approximate surface area is 198 Å². The highest BCUT2D eigenvalue weighted by atomic mass is 16.3. The van der Waals surface area contributed by atoms with Crippen molar-refractivity contribution in [2.45, 2.75) is 71.3 Å². The Morgan fingerprint density at radius 2 is 1.79 bits per heavy atom. The molecule has 4 nitrogen and oxygen atoms in total. The highest BCUT2D eigenvalue weighted by Gasteiger charge is 2.66. The number of nitrogens with zero attached hydrogens (tertiary/aromatic N) is 1. The number of rotatable bonds is 4. The number of fused-ring (bicyclic) bond motifs is 5. The standard InChI is InChI=1S/C29H39NO3/c1-19(31)29(33)15-12-25-23-16-20(18-30(4)21-8-6-5-7-9-21)26-17-22(32)10-13-27(26,2)24(23)11-14-28(25,29)3/h5-9,17,20,23-25,33H,10-16,18H2,1-4H3/t20-,23+,24-,25-,27-,28+,29-/m1/s1. The molecular weight excluding hydrogens is 410 g/mol. The molecule has 0 amide bonds. The second-order valence-electron chi connectivity index (χ2n) is 11.9. The summed E-state index contributed by atoms with van der Waals surface area (Å²) in [6.45, 7) is 7.06. The van der Waals surface area contributed by atoms with E-state index in [2.05, 4.69) is 50.1 Å². The lowest BCUT2D eigenvalue weighted by atomic mass is 9.44. The number of anilines is 1. The molecule has 0 bridgehead atoms.